The Kier molecular flexibility index (Phi) is 4.23. The molecule has 6 nitrogen and oxygen atoms in total. The molecular formula is C22H25NO5. The van der Waals surface area contributed by atoms with Gasteiger partial charge in [0.05, 0.1) is 7.11 Å². The molecule has 3 aliphatic rings. The molecule has 0 aliphatic carbocycles. The highest BCUT2D eigenvalue weighted by Gasteiger charge is 2.42. The first-order chi connectivity index (χ1) is 13.7. The molecule has 28 heavy (non-hydrogen) atoms. The molecule has 0 unspecified atom stereocenters. The van der Waals surface area contributed by atoms with Crippen molar-refractivity contribution in [3.05, 3.63) is 41.5 Å². The van der Waals surface area contributed by atoms with Crippen LogP contribution in [0.3, 0.4) is 0 Å². The summed E-state index contributed by atoms with van der Waals surface area (Å²) in [6.07, 6.45) is 2.33. The maximum absolute atomic E-state index is 10.9. The third kappa shape index (κ3) is 2.66. The van der Waals surface area contributed by atoms with Gasteiger partial charge in [-0.15, -0.1) is 0 Å². The molecule has 1 N–H and O–H groups in total. The monoisotopic (exact) mass is 383 g/mol. The average molecular weight is 383 g/mol. The van der Waals surface area contributed by atoms with Gasteiger partial charge in [-0.1, -0.05) is 19.1 Å². The fourth-order valence-electron chi connectivity index (χ4n) is 4.78. The highest BCUT2D eigenvalue weighted by atomic mass is 16.7. The van der Waals surface area contributed by atoms with E-state index in [1.807, 2.05) is 24.3 Å². The first-order valence-electron chi connectivity index (χ1n) is 9.87. The lowest BCUT2D eigenvalue weighted by Gasteiger charge is -2.42. The van der Waals surface area contributed by atoms with E-state index in [0.717, 1.165) is 35.7 Å². The molecule has 5 rings (SSSR count). The fourth-order valence-corrected chi connectivity index (χ4v) is 4.78. The number of likely N-dealkylation sites (tertiary alicyclic amines) is 1. The SMILES string of the molecule is COc1cccc([C@H]2c3cc4c(cc3O[C@@H](N3CCCC3)[C@@H]2C)OCO4)c1O. The predicted octanol–water partition coefficient (Wildman–Crippen LogP) is 3.71. The van der Waals surface area contributed by atoms with Gasteiger partial charge in [0.25, 0.3) is 0 Å². The number of aromatic hydroxyl groups is 1. The van der Waals surface area contributed by atoms with Crippen molar-refractivity contribution in [3.8, 4) is 28.7 Å². The van der Waals surface area contributed by atoms with Crippen molar-refractivity contribution in [2.24, 2.45) is 5.92 Å². The molecule has 0 spiro atoms. The van der Waals surface area contributed by atoms with Crippen LogP contribution in [0.5, 0.6) is 28.7 Å². The minimum absolute atomic E-state index is 0.0426. The van der Waals surface area contributed by atoms with Crippen LogP contribution in [0.2, 0.25) is 0 Å². The lowest BCUT2D eigenvalue weighted by Crippen LogP contribution is -2.47. The second-order valence-corrected chi connectivity index (χ2v) is 7.73. The lowest BCUT2D eigenvalue weighted by atomic mass is 9.77. The van der Waals surface area contributed by atoms with Gasteiger partial charge in [0.15, 0.2) is 29.2 Å². The van der Waals surface area contributed by atoms with Crippen LogP contribution < -0.4 is 18.9 Å². The maximum atomic E-state index is 10.9. The second kappa shape index (κ2) is 6.78. The van der Waals surface area contributed by atoms with Gasteiger partial charge >= 0.3 is 0 Å². The van der Waals surface area contributed by atoms with E-state index in [4.69, 9.17) is 18.9 Å². The molecule has 1 saturated heterocycles. The minimum atomic E-state index is -0.0500. The Hall–Kier alpha value is -2.60. The summed E-state index contributed by atoms with van der Waals surface area (Å²) in [5.41, 5.74) is 1.86. The van der Waals surface area contributed by atoms with E-state index in [2.05, 4.69) is 11.8 Å². The van der Waals surface area contributed by atoms with Crippen molar-refractivity contribution in [2.75, 3.05) is 27.0 Å². The number of hydrogen-bond donors (Lipinski definition) is 1. The summed E-state index contributed by atoms with van der Waals surface area (Å²) < 4.78 is 23.0. The topological polar surface area (TPSA) is 60.4 Å². The summed E-state index contributed by atoms with van der Waals surface area (Å²) >= 11 is 0. The normalized spacial score (nSPS) is 26.0. The second-order valence-electron chi connectivity index (χ2n) is 7.73. The zero-order valence-corrected chi connectivity index (χ0v) is 16.2. The number of phenolic OH excluding ortho intramolecular Hbond substituents is 1. The summed E-state index contributed by atoms with van der Waals surface area (Å²) in [4.78, 5) is 2.41. The summed E-state index contributed by atoms with van der Waals surface area (Å²) in [5.74, 6) is 3.00. The number of ether oxygens (including phenoxy) is 4. The molecule has 0 amide bonds. The molecule has 6 heteroatoms. The zero-order chi connectivity index (χ0) is 19.3. The Bertz CT molecular complexity index is 893. The Labute approximate surface area is 164 Å². The van der Waals surface area contributed by atoms with Crippen molar-refractivity contribution in [3.63, 3.8) is 0 Å². The van der Waals surface area contributed by atoms with Gasteiger partial charge in [0.2, 0.25) is 6.79 Å². The third-order valence-electron chi connectivity index (χ3n) is 6.15. The van der Waals surface area contributed by atoms with Crippen molar-refractivity contribution >= 4 is 0 Å². The molecule has 0 radical (unpaired) electrons. The van der Waals surface area contributed by atoms with Gasteiger partial charge in [-0.25, -0.2) is 0 Å². The van der Waals surface area contributed by atoms with Crippen molar-refractivity contribution in [1.82, 2.24) is 4.90 Å². The molecule has 148 valence electrons. The van der Waals surface area contributed by atoms with E-state index < -0.39 is 0 Å². The summed E-state index contributed by atoms with van der Waals surface area (Å²) in [7, 11) is 1.57. The number of methoxy groups -OCH3 is 1. The van der Waals surface area contributed by atoms with E-state index in [1.165, 1.54) is 12.8 Å². The van der Waals surface area contributed by atoms with E-state index in [0.29, 0.717) is 11.5 Å². The number of para-hydroxylation sites is 1. The first-order valence-corrected chi connectivity index (χ1v) is 9.87. The maximum Gasteiger partial charge on any atom is 0.231 e. The van der Waals surface area contributed by atoms with E-state index in [1.54, 1.807) is 13.2 Å². The van der Waals surface area contributed by atoms with Crippen molar-refractivity contribution in [2.45, 2.75) is 31.9 Å². The van der Waals surface area contributed by atoms with Gasteiger partial charge in [0, 0.05) is 42.1 Å². The van der Waals surface area contributed by atoms with E-state index >= 15 is 0 Å². The summed E-state index contributed by atoms with van der Waals surface area (Å²) in [6, 6.07) is 9.60. The zero-order valence-electron chi connectivity index (χ0n) is 16.2. The molecule has 1 fully saturated rings. The quantitative estimate of drug-likeness (QED) is 0.872. The van der Waals surface area contributed by atoms with Crippen LogP contribution in [-0.2, 0) is 0 Å². The van der Waals surface area contributed by atoms with Crippen LogP contribution in [0.15, 0.2) is 30.3 Å². The lowest BCUT2D eigenvalue weighted by molar-refractivity contribution is -0.0180. The van der Waals surface area contributed by atoms with Gasteiger partial charge in [-0.05, 0) is 25.0 Å². The third-order valence-corrected chi connectivity index (χ3v) is 6.15. The standard InChI is InChI=1S/C22H25NO5/c1-13-20(14-6-5-7-16(25-2)21(14)24)15-10-18-19(27-12-26-18)11-17(15)28-22(13)23-8-3-4-9-23/h5-7,10-11,13,20,22,24H,3-4,8-9,12H2,1-2H3/t13-,20+,22-/m1/s1. The highest BCUT2D eigenvalue weighted by molar-refractivity contribution is 5.59. The Morgan fingerprint density at radius 1 is 1.04 bits per heavy atom. The molecule has 2 aromatic rings. The van der Waals surface area contributed by atoms with Crippen LogP contribution in [0.1, 0.15) is 36.8 Å². The summed E-state index contributed by atoms with van der Waals surface area (Å²) in [5, 5.41) is 10.9. The van der Waals surface area contributed by atoms with Gasteiger partial charge in [-0.3, -0.25) is 4.90 Å². The molecule has 3 heterocycles. The van der Waals surface area contributed by atoms with Crippen molar-refractivity contribution in [1.29, 1.82) is 0 Å². The van der Waals surface area contributed by atoms with Crippen LogP contribution >= 0.6 is 0 Å². The fraction of sp³-hybridized carbons (Fsp3) is 0.455. The molecule has 0 bridgehead atoms. The van der Waals surface area contributed by atoms with Gasteiger partial charge in [-0.2, -0.15) is 0 Å². The van der Waals surface area contributed by atoms with Crippen LogP contribution in [-0.4, -0.2) is 43.2 Å². The number of hydrogen-bond acceptors (Lipinski definition) is 6. The number of fused-ring (bicyclic) bond motifs is 2. The Morgan fingerprint density at radius 3 is 2.54 bits per heavy atom. The molecule has 0 saturated carbocycles. The highest BCUT2D eigenvalue weighted by Crippen LogP contribution is 2.52. The van der Waals surface area contributed by atoms with Crippen LogP contribution in [0, 0.1) is 5.92 Å². The molecular weight excluding hydrogens is 358 g/mol. The predicted molar refractivity (Wildman–Crippen MR) is 103 cm³/mol. The number of benzene rings is 2. The van der Waals surface area contributed by atoms with Crippen LogP contribution in [0.4, 0.5) is 0 Å². The largest absolute Gasteiger partial charge is 0.504 e. The molecule has 2 aromatic carbocycles. The summed E-state index contributed by atoms with van der Waals surface area (Å²) in [6.45, 7) is 4.48. The van der Waals surface area contributed by atoms with E-state index in [-0.39, 0.29) is 30.6 Å². The number of phenols is 1. The Balaban J connectivity index is 1.65. The smallest absolute Gasteiger partial charge is 0.231 e. The Morgan fingerprint density at radius 2 is 1.79 bits per heavy atom. The number of nitrogens with zero attached hydrogens (tertiary/aromatic N) is 1. The van der Waals surface area contributed by atoms with E-state index in [9.17, 15) is 5.11 Å². The minimum Gasteiger partial charge on any atom is -0.504 e. The molecule has 3 atom stereocenters. The van der Waals surface area contributed by atoms with Gasteiger partial charge in [0.1, 0.15) is 5.75 Å². The van der Waals surface area contributed by atoms with Gasteiger partial charge < -0.3 is 24.1 Å². The molecule has 0 aromatic heterocycles. The first kappa shape index (κ1) is 17.5. The molecule has 3 aliphatic heterocycles. The van der Waals surface area contributed by atoms with Crippen LogP contribution in [0.25, 0.3) is 0 Å². The number of rotatable bonds is 3. The van der Waals surface area contributed by atoms with Crippen molar-refractivity contribution < 1.29 is 24.1 Å². The average Bonchev–Trinajstić information content (AvgIpc) is 3.38.